The van der Waals surface area contributed by atoms with Gasteiger partial charge in [0.05, 0.1) is 17.5 Å². The van der Waals surface area contributed by atoms with Crippen LogP contribution in [0.5, 0.6) is 0 Å². The number of benzene rings is 1. The molecule has 1 atom stereocenters. The molecule has 8 heteroatoms. The minimum absolute atomic E-state index is 0.242. The maximum absolute atomic E-state index is 12.5. The maximum Gasteiger partial charge on any atom is 0.322 e. The average molecular weight is 348 g/mol. The second-order valence-corrected chi connectivity index (χ2v) is 7.91. The lowest BCUT2D eigenvalue weighted by Gasteiger charge is -2.38. The quantitative estimate of drug-likeness (QED) is 0.896. The van der Waals surface area contributed by atoms with E-state index in [9.17, 15) is 13.2 Å². The Labute approximate surface area is 141 Å². The molecular weight excluding hydrogens is 328 g/mol. The van der Waals surface area contributed by atoms with E-state index in [4.69, 9.17) is 0 Å². The molecule has 0 radical (unpaired) electrons. The highest BCUT2D eigenvalue weighted by atomic mass is 32.2. The normalized spacial score (nSPS) is 19.4. The highest BCUT2D eigenvalue weighted by Gasteiger charge is 2.31. The molecule has 128 valence electrons. The summed E-state index contributed by atoms with van der Waals surface area (Å²) in [5.41, 5.74) is 1.38. The number of piperazine rings is 1. The molecule has 1 saturated heterocycles. The van der Waals surface area contributed by atoms with E-state index in [1.807, 2.05) is 30.3 Å². The number of pyridine rings is 1. The standard InChI is InChI=1S/C16H20N4O3S/c1-12-11-19(9-10-20(12)24(2,22)23)16(21)18-14-7-3-5-13-6-4-8-17-15(13)14/h3-8,12H,9-11H2,1-2H3,(H,18,21)/t12-/m0/s1. The van der Waals surface area contributed by atoms with Crippen LogP contribution in [0, 0.1) is 0 Å². The molecule has 1 fully saturated rings. The van der Waals surface area contributed by atoms with E-state index in [2.05, 4.69) is 10.3 Å². The molecule has 0 saturated carbocycles. The van der Waals surface area contributed by atoms with Gasteiger partial charge in [-0.05, 0) is 19.1 Å². The first-order valence-corrected chi connectivity index (χ1v) is 9.57. The van der Waals surface area contributed by atoms with Gasteiger partial charge in [0.15, 0.2) is 0 Å². The first kappa shape index (κ1) is 16.7. The number of hydrogen-bond acceptors (Lipinski definition) is 4. The zero-order valence-corrected chi connectivity index (χ0v) is 14.5. The first-order valence-electron chi connectivity index (χ1n) is 7.73. The van der Waals surface area contributed by atoms with Crippen LogP contribution in [0.4, 0.5) is 10.5 Å². The van der Waals surface area contributed by atoms with Gasteiger partial charge in [-0.3, -0.25) is 4.98 Å². The fourth-order valence-electron chi connectivity index (χ4n) is 3.02. The van der Waals surface area contributed by atoms with Gasteiger partial charge in [0.1, 0.15) is 0 Å². The number of carbonyl (C=O) groups is 1. The van der Waals surface area contributed by atoms with Crippen LogP contribution in [0.3, 0.4) is 0 Å². The minimum atomic E-state index is -3.25. The summed E-state index contributed by atoms with van der Waals surface area (Å²) in [5, 5.41) is 3.83. The summed E-state index contributed by atoms with van der Waals surface area (Å²) in [5.74, 6) is 0. The van der Waals surface area contributed by atoms with Crippen LogP contribution in [-0.2, 0) is 10.0 Å². The van der Waals surface area contributed by atoms with E-state index in [0.717, 1.165) is 10.9 Å². The molecule has 3 rings (SSSR count). The highest BCUT2D eigenvalue weighted by molar-refractivity contribution is 7.88. The summed E-state index contributed by atoms with van der Waals surface area (Å²) in [7, 11) is -3.25. The van der Waals surface area contributed by atoms with Crippen LogP contribution in [0.2, 0.25) is 0 Å². The van der Waals surface area contributed by atoms with Crippen molar-refractivity contribution < 1.29 is 13.2 Å². The highest BCUT2D eigenvalue weighted by Crippen LogP contribution is 2.21. The Balaban J connectivity index is 1.74. The summed E-state index contributed by atoms with van der Waals surface area (Å²) >= 11 is 0. The number of nitrogens with one attached hydrogen (secondary N) is 1. The van der Waals surface area contributed by atoms with Crippen LogP contribution >= 0.6 is 0 Å². The largest absolute Gasteiger partial charge is 0.322 e. The second-order valence-electron chi connectivity index (χ2n) is 5.98. The van der Waals surface area contributed by atoms with Gasteiger partial charge < -0.3 is 10.2 Å². The Morgan fingerprint density at radius 1 is 1.25 bits per heavy atom. The van der Waals surface area contributed by atoms with Crippen molar-refractivity contribution in [3.63, 3.8) is 0 Å². The van der Waals surface area contributed by atoms with Crippen molar-refractivity contribution in [2.24, 2.45) is 0 Å². The Hall–Kier alpha value is -2.19. The fourth-order valence-corrected chi connectivity index (χ4v) is 4.15. The molecule has 1 aliphatic heterocycles. The molecule has 2 aromatic rings. The van der Waals surface area contributed by atoms with Gasteiger partial charge in [0, 0.05) is 37.3 Å². The van der Waals surface area contributed by atoms with Crippen LogP contribution in [0.25, 0.3) is 10.9 Å². The predicted octanol–water partition coefficient (Wildman–Crippen LogP) is 1.73. The number of hydrogen-bond donors (Lipinski definition) is 1. The van der Waals surface area contributed by atoms with Crippen LogP contribution in [0.15, 0.2) is 36.5 Å². The third-order valence-electron chi connectivity index (χ3n) is 4.15. The minimum Gasteiger partial charge on any atom is -0.322 e. The van der Waals surface area contributed by atoms with Gasteiger partial charge in [-0.2, -0.15) is 4.31 Å². The van der Waals surface area contributed by atoms with Crippen molar-refractivity contribution >= 4 is 32.6 Å². The molecule has 0 spiro atoms. The number of urea groups is 1. The van der Waals surface area contributed by atoms with Crippen LogP contribution in [-0.4, -0.2) is 60.6 Å². The van der Waals surface area contributed by atoms with Gasteiger partial charge in [-0.15, -0.1) is 0 Å². The fraction of sp³-hybridized carbons (Fsp3) is 0.375. The van der Waals surface area contributed by atoms with Crippen molar-refractivity contribution in [3.8, 4) is 0 Å². The number of amides is 2. The third-order valence-corrected chi connectivity index (χ3v) is 5.55. The van der Waals surface area contributed by atoms with E-state index in [-0.39, 0.29) is 12.1 Å². The van der Waals surface area contributed by atoms with Gasteiger partial charge in [0.25, 0.3) is 0 Å². The first-order chi connectivity index (χ1) is 11.4. The van der Waals surface area contributed by atoms with E-state index >= 15 is 0 Å². The third kappa shape index (κ3) is 3.34. The molecule has 24 heavy (non-hydrogen) atoms. The summed E-state index contributed by atoms with van der Waals surface area (Å²) in [6.45, 7) is 2.83. The van der Waals surface area contributed by atoms with Gasteiger partial charge in [-0.25, -0.2) is 13.2 Å². The van der Waals surface area contributed by atoms with Crippen molar-refractivity contribution in [3.05, 3.63) is 36.5 Å². The Bertz CT molecular complexity index is 863. The molecule has 1 aromatic heterocycles. The van der Waals surface area contributed by atoms with E-state index in [0.29, 0.717) is 25.3 Å². The Morgan fingerprint density at radius 2 is 2.00 bits per heavy atom. The van der Waals surface area contributed by atoms with E-state index < -0.39 is 10.0 Å². The number of aromatic nitrogens is 1. The zero-order chi connectivity index (χ0) is 17.3. The van der Waals surface area contributed by atoms with E-state index in [1.165, 1.54) is 10.6 Å². The number of nitrogens with zero attached hydrogens (tertiary/aromatic N) is 3. The lowest BCUT2D eigenvalue weighted by atomic mass is 10.2. The number of para-hydroxylation sites is 1. The molecule has 2 heterocycles. The molecule has 1 aromatic carbocycles. The zero-order valence-electron chi connectivity index (χ0n) is 13.6. The summed E-state index contributed by atoms with van der Waals surface area (Å²) in [6.07, 6.45) is 2.88. The van der Waals surface area contributed by atoms with Crippen LogP contribution in [0.1, 0.15) is 6.92 Å². The van der Waals surface area contributed by atoms with Crippen molar-refractivity contribution in [2.75, 3.05) is 31.2 Å². The number of rotatable bonds is 2. The molecule has 7 nitrogen and oxygen atoms in total. The molecular formula is C16H20N4O3S. The van der Waals surface area contributed by atoms with Crippen molar-refractivity contribution in [1.82, 2.24) is 14.2 Å². The van der Waals surface area contributed by atoms with Gasteiger partial charge in [0.2, 0.25) is 10.0 Å². The molecule has 2 amide bonds. The summed E-state index contributed by atoms with van der Waals surface area (Å²) in [6, 6.07) is 8.90. The lowest BCUT2D eigenvalue weighted by molar-refractivity contribution is 0.157. The predicted molar refractivity (Wildman–Crippen MR) is 93.3 cm³/mol. The topological polar surface area (TPSA) is 82.6 Å². The van der Waals surface area contributed by atoms with Gasteiger partial charge >= 0.3 is 6.03 Å². The monoisotopic (exact) mass is 348 g/mol. The average Bonchev–Trinajstić information content (AvgIpc) is 2.54. The maximum atomic E-state index is 12.5. The number of anilines is 1. The molecule has 0 bridgehead atoms. The second kappa shape index (κ2) is 6.37. The number of fused-ring (bicyclic) bond motifs is 1. The van der Waals surface area contributed by atoms with Crippen molar-refractivity contribution in [1.29, 1.82) is 0 Å². The van der Waals surface area contributed by atoms with Gasteiger partial charge in [-0.1, -0.05) is 18.2 Å². The number of sulfonamides is 1. The molecule has 1 N–H and O–H groups in total. The number of carbonyl (C=O) groups excluding carboxylic acids is 1. The molecule has 1 aliphatic rings. The Kier molecular flexibility index (Phi) is 4.42. The smallest absolute Gasteiger partial charge is 0.322 e. The summed E-state index contributed by atoms with van der Waals surface area (Å²) in [4.78, 5) is 18.5. The Morgan fingerprint density at radius 3 is 2.71 bits per heavy atom. The van der Waals surface area contributed by atoms with Crippen molar-refractivity contribution in [2.45, 2.75) is 13.0 Å². The van der Waals surface area contributed by atoms with E-state index in [1.54, 1.807) is 18.0 Å². The van der Waals surface area contributed by atoms with Crippen LogP contribution < -0.4 is 5.32 Å². The SMILES string of the molecule is C[C@H]1CN(C(=O)Nc2cccc3cccnc23)CCN1S(C)(=O)=O. The molecule has 0 aliphatic carbocycles. The molecule has 0 unspecified atom stereocenters. The summed E-state index contributed by atoms with van der Waals surface area (Å²) < 4.78 is 24.8. The lowest BCUT2D eigenvalue weighted by Crippen LogP contribution is -2.55.